The van der Waals surface area contributed by atoms with Crippen molar-refractivity contribution in [3.63, 3.8) is 0 Å². The van der Waals surface area contributed by atoms with Gasteiger partial charge in [-0.1, -0.05) is 36.4 Å². The molecule has 0 aliphatic carbocycles. The van der Waals surface area contributed by atoms with Crippen LogP contribution in [0.4, 0.5) is 17.1 Å². The molecular formula is C18H18N3S3Zn-. The third-order valence-electron chi connectivity index (χ3n) is 2.64. The summed E-state index contributed by atoms with van der Waals surface area (Å²) >= 11 is 14.4. The average Bonchev–Trinajstić information content (AvgIpc) is 2.57. The SMILES string of the molecule is Nc1ccc([S-])cc1.Nc1ccc([S-])cc1.Nc1ccc([S-])cc1.[Zn+2]. The van der Waals surface area contributed by atoms with E-state index in [2.05, 4.69) is 0 Å². The molecule has 0 heterocycles. The number of rotatable bonds is 0. The smallest absolute Gasteiger partial charge is 0.780 e. The molecule has 126 valence electrons. The molecule has 0 fully saturated rings. The van der Waals surface area contributed by atoms with Gasteiger partial charge in [0.15, 0.2) is 0 Å². The minimum atomic E-state index is 0. The maximum atomic E-state index is 5.38. The van der Waals surface area contributed by atoms with Crippen molar-refractivity contribution in [2.45, 2.75) is 14.7 Å². The first kappa shape index (κ1) is 23.3. The van der Waals surface area contributed by atoms with Crippen LogP contribution in [0.5, 0.6) is 0 Å². The van der Waals surface area contributed by atoms with Crippen molar-refractivity contribution < 1.29 is 19.5 Å². The summed E-state index contributed by atoms with van der Waals surface area (Å²) < 4.78 is 0. The van der Waals surface area contributed by atoms with Gasteiger partial charge in [-0.05, 0) is 36.4 Å². The first-order valence-electron chi connectivity index (χ1n) is 6.94. The summed E-state index contributed by atoms with van der Waals surface area (Å²) in [4.78, 5) is 2.50. The summed E-state index contributed by atoms with van der Waals surface area (Å²) in [7, 11) is 0. The molecule has 25 heavy (non-hydrogen) atoms. The number of nitrogen functional groups attached to an aromatic ring is 3. The van der Waals surface area contributed by atoms with Gasteiger partial charge in [-0.2, -0.15) is 14.7 Å². The minimum absolute atomic E-state index is 0. The topological polar surface area (TPSA) is 78.1 Å². The van der Waals surface area contributed by atoms with E-state index in [9.17, 15) is 0 Å². The third-order valence-corrected chi connectivity index (χ3v) is 3.46. The van der Waals surface area contributed by atoms with Gasteiger partial charge >= 0.3 is 19.5 Å². The van der Waals surface area contributed by atoms with Crippen LogP contribution in [-0.2, 0) is 57.4 Å². The zero-order chi connectivity index (χ0) is 17.9. The van der Waals surface area contributed by atoms with Gasteiger partial charge in [0, 0.05) is 17.1 Å². The van der Waals surface area contributed by atoms with Crippen LogP contribution >= 0.6 is 0 Å². The molecule has 0 saturated carbocycles. The third kappa shape index (κ3) is 11.5. The van der Waals surface area contributed by atoms with E-state index in [0.717, 1.165) is 31.7 Å². The van der Waals surface area contributed by atoms with Gasteiger partial charge in [0.05, 0.1) is 0 Å². The van der Waals surface area contributed by atoms with Crippen molar-refractivity contribution in [2.24, 2.45) is 0 Å². The second kappa shape index (κ2) is 12.7. The first-order chi connectivity index (χ1) is 11.4. The molecule has 0 spiro atoms. The van der Waals surface area contributed by atoms with Crippen LogP contribution in [0.1, 0.15) is 0 Å². The molecule has 3 nitrogen and oxygen atoms in total. The average molecular weight is 438 g/mol. The summed E-state index contributed by atoms with van der Waals surface area (Å²) in [6.45, 7) is 0. The molecule has 0 aliphatic rings. The van der Waals surface area contributed by atoms with E-state index in [0.29, 0.717) is 0 Å². The molecular weight excluding hydrogens is 420 g/mol. The zero-order valence-electron chi connectivity index (χ0n) is 13.6. The predicted molar refractivity (Wildman–Crippen MR) is 109 cm³/mol. The summed E-state index contributed by atoms with van der Waals surface area (Å²) in [5.74, 6) is 0. The van der Waals surface area contributed by atoms with Crippen LogP contribution in [0.3, 0.4) is 0 Å². The molecule has 0 aromatic heterocycles. The molecule has 0 atom stereocenters. The van der Waals surface area contributed by atoms with E-state index in [1.165, 1.54) is 0 Å². The minimum Gasteiger partial charge on any atom is -0.780 e. The van der Waals surface area contributed by atoms with Crippen LogP contribution in [0.15, 0.2) is 87.5 Å². The van der Waals surface area contributed by atoms with Gasteiger partial charge in [-0.25, -0.2) is 0 Å². The quantitative estimate of drug-likeness (QED) is 0.284. The number of hydrogen-bond donors (Lipinski definition) is 3. The first-order valence-corrected chi connectivity index (χ1v) is 8.17. The van der Waals surface area contributed by atoms with Gasteiger partial charge < -0.3 is 55.1 Å². The Morgan fingerprint density at radius 1 is 0.400 bits per heavy atom. The van der Waals surface area contributed by atoms with Gasteiger partial charge in [-0.3, -0.25) is 0 Å². The van der Waals surface area contributed by atoms with Crippen LogP contribution in [0.2, 0.25) is 0 Å². The Kier molecular flexibility index (Phi) is 11.8. The van der Waals surface area contributed by atoms with E-state index < -0.39 is 0 Å². The van der Waals surface area contributed by atoms with E-state index in [1.807, 2.05) is 36.4 Å². The van der Waals surface area contributed by atoms with E-state index in [-0.39, 0.29) is 19.5 Å². The fourth-order valence-corrected chi connectivity index (χ4v) is 1.81. The van der Waals surface area contributed by atoms with Crippen molar-refractivity contribution in [3.05, 3.63) is 72.8 Å². The van der Waals surface area contributed by atoms with Crippen LogP contribution in [0.25, 0.3) is 0 Å². The van der Waals surface area contributed by atoms with Crippen LogP contribution in [-0.4, -0.2) is 0 Å². The monoisotopic (exact) mass is 436 g/mol. The number of anilines is 3. The molecule has 3 aromatic carbocycles. The number of hydrogen-bond acceptors (Lipinski definition) is 6. The van der Waals surface area contributed by atoms with Crippen molar-refractivity contribution >= 4 is 54.9 Å². The fraction of sp³-hybridized carbons (Fsp3) is 0. The molecule has 0 aliphatic heterocycles. The maximum Gasteiger partial charge on any atom is 2.00 e. The van der Waals surface area contributed by atoms with E-state index in [4.69, 9.17) is 55.1 Å². The van der Waals surface area contributed by atoms with Crippen molar-refractivity contribution in [1.82, 2.24) is 0 Å². The van der Waals surface area contributed by atoms with Gasteiger partial charge in [-0.15, -0.1) is 0 Å². The Labute approximate surface area is 178 Å². The van der Waals surface area contributed by atoms with Gasteiger partial charge in [0.1, 0.15) is 0 Å². The summed E-state index contributed by atoms with van der Waals surface area (Å²) in [6.07, 6.45) is 0. The second-order valence-electron chi connectivity index (χ2n) is 4.71. The van der Waals surface area contributed by atoms with Crippen molar-refractivity contribution in [3.8, 4) is 0 Å². The normalized spacial score (nSPS) is 8.64. The maximum absolute atomic E-state index is 5.38. The Balaban J connectivity index is 0.000000339. The Bertz CT molecular complexity index is 552. The molecule has 3 aromatic rings. The van der Waals surface area contributed by atoms with Gasteiger partial charge in [0.2, 0.25) is 0 Å². The van der Waals surface area contributed by atoms with Crippen LogP contribution < -0.4 is 17.2 Å². The molecule has 0 saturated heterocycles. The molecule has 0 radical (unpaired) electrons. The molecule has 0 bridgehead atoms. The molecule has 0 unspecified atom stereocenters. The number of nitrogens with two attached hydrogens (primary N) is 3. The zero-order valence-corrected chi connectivity index (χ0v) is 19.0. The van der Waals surface area contributed by atoms with Crippen molar-refractivity contribution in [2.75, 3.05) is 17.2 Å². The standard InChI is InChI=1S/3C6H7NS.Zn/c3*7-5-1-3-6(8)4-2-5;/h3*1-4,8H,7H2;/q;;;+2/p-3. The predicted octanol–water partition coefficient (Wildman–Crippen LogP) is 3.52. The molecule has 3 rings (SSSR count). The fourth-order valence-electron chi connectivity index (χ4n) is 1.40. The second-order valence-corrected chi connectivity index (χ2v) is 6.12. The van der Waals surface area contributed by atoms with Crippen molar-refractivity contribution in [1.29, 1.82) is 0 Å². The number of benzene rings is 3. The largest absolute Gasteiger partial charge is 2.00 e. The Morgan fingerprint density at radius 2 is 0.560 bits per heavy atom. The van der Waals surface area contributed by atoms with Crippen LogP contribution in [0, 0.1) is 0 Å². The Morgan fingerprint density at radius 3 is 0.680 bits per heavy atom. The summed E-state index contributed by atoms with van der Waals surface area (Å²) in [6, 6.07) is 21.6. The summed E-state index contributed by atoms with van der Waals surface area (Å²) in [5.41, 5.74) is 18.4. The van der Waals surface area contributed by atoms with E-state index >= 15 is 0 Å². The summed E-state index contributed by atoms with van der Waals surface area (Å²) in [5, 5.41) is 0. The van der Waals surface area contributed by atoms with Gasteiger partial charge in [0.25, 0.3) is 0 Å². The molecule has 7 heteroatoms. The molecule has 0 amide bonds. The molecule has 6 N–H and O–H groups in total. The van der Waals surface area contributed by atoms with E-state index in [1.54, 1.807) is 36.4 Å². The Hall–Kier alpha value is -1.66.